The molecular formula is C15H18ClN3O3. The van der Waals surface area contributed by atoms with E-state index in [1.807, 2.05) is 12.1 Å². The molecule has 0 amide bonds. The largest absolute Gasteiger partial charge is 0.399 e. The van der Waals surface area contributed by atoms with Crippen LogP contribution >= 0.6 is 12.4 Å². The molecule has 0 bridgehead atoms. The number of hydrogen-bond donors (Lipinski definition) is 3. The molecule has 22 heavy (non-hydrogen) atoms. The van der Waals surface area contributed by atoms with Crippen molar-refractivity contribution in [2.24, 2.45) is 0 Å². The predicted octanol–water partition coefficient (Wildman–Crippen LogP) is 2.75. The summed E-state index contributed by atoms with van der Waals surface area (Å²) in [5, 5.41) is 22.9. The summed E-state index contributed by atoms with van der Waals surface area (Å²) >= 11 is 0. The molecule has 2 aromatic carbocycles. The molecule has 0 aliphatic rings. The molecule has 7 heteroatoms. The van der Waals surface area contributed by atoms with E-state index in [9.17, 15) is 10.1 Å². The Kier molecular flexibility index (Phi) is 6.62. The molecule has 2 aromatic rings. The number of halogens is 1. The minimum Gasteiger partial charge on any atom is -0.399 e. The van der Waals surface area contributed by atoms with Crippen molar-refractivity contribution < 1.29 is 10.0 Å². The van der Waals surface area contributed by atoms with Gasteiger partial charge < -0.3 is 16.2 Å². The van der Waals surface area contributed by atoms with Gasteiger partial charge in [-0.15, -0.1) is 12.4 Å². The lowest BCUT2D eigenvalue weighted by Gasteiger charge is -2.12. The number of hydrogen-bond acceptors (Lipinski definition) is 5. The summed E-state index contributed by atoms with van der Waals surface area (Å²) in [5.41, 5.74) is 9.25. The number of aliphatic hydroxyl groups is 1. The summed E-state index contributed by atoms with van der Waals surface area (Å²) in [5.74, 6) is 0. The maximum atomic E-state index is 10.6. The van der Waals surface area contributed by atoms with Crippen LogP contribution in [0.3, 0.4) is 0 Å². The fraction of sp³-hybridized carbons (Fsp3) is 0.200. The van der Waals surface area contributed by atoms with Gasteiger partial charge in [0.1, 0.15) is 0 Å². The Hall–Kier alpha value is -2.31. The normalized spacial score (nSPS) is 9.86. The number of nitrogens with two attached hydrogens (primary N) is 1. The second-order valence-corrected chi connectivity index (χ2v) is 4.67. The van der Waals surface area contributed by atoms with Gasteiger partial charge in [-0.3, -0.25) is 10.1 Å². The highest BCUT2D eigenvalue weighted by Crippen LogP contribution is 2.21. The summed E-state index contributed by atoms with van der Waals surface area (Å²) in [6, 6.07) is 11.9. The quantitative estimate of drug-likeness (QED) is 0.431. The lowest BCUT2D eigenvalue weighted by atomic mass is 10.1. The third-order valence-electron chi connectivity index (χ3n) is 3.14. The van der Waals surface area contributed by atoms with Crippen molar-refractivity contribution in [1.29, 1.82) is 0 Å². The van der Waals surface area contributed by atoms with Crippen molar-refractivity contribution in [3.8, 4) is 0 Å². The van der Waals surface area contributed by atoms with E-state index < -0.39 is 4.92 Å². The monoisotopic (exact) mass is 323 g/mol. The van der Waals surface area contributed by atoms with Gasteiger partial charge in [-0.05, 0) is 35.7 Å². The van der Waals surface area contributed by atoms with Crippen molar-refractivity contribution in [1.82, 2.24) is 0 Å². The van der Waals surface area contributed by atoms with Gasteiger partial charge in [-0.1, -0.05) is 12.1 Å². The molecule has 0 aliphatic heterocycles. The highest BCUT2D eigenvalue weighted by atomic mass is 35.5. The van der Waals surface area contributed by atoms with Crippen molar-refractivity contribution in [2.45, 2.75) is 13.0 Å². The Morgan fingerprint density at radius 2 is 1.86 bits per heavy atom. The summed E-state index contributed by atoms with van der Waals surface area (Å²) in [6.07, 6.45) is 0.521. The number of aliphatic hydroxyl groups excluding tert-OH is 1. The maximum Gasteiger partial charge on any atom is 0.269 e. The van der Waals surface area contributed by atoms with E-state index in [-0.39, 0.29) is 24.7 Å². The first-order valence-electron chi connectivity index (χ1n) is 6.56. The van der Waals surface area contributed by atoms with Crippen molar-refractivity contribution in [3.63, 3.8) is 0 Å². The number of nitro benzene ring substituents is 1. The van der Waals surface area contributed by atoms with E-state index in [2.05, 4.69) is 5.32 Å². The lowest BCUT2D eigenvalue weighted by Crippen LogP contribution is -2.04. The van der Waals surface area contributed by atoms with Crippen LogP contribution in [0.2, 0.25) is 0 Å². The van der Waals surface area contributed by atoms with Crippen LogP contribution in [0, 0.1) is 10.1 Å². The minimum absolute atomic E-state index is 0. The number of nitrogens with zero attached hydrogens (tertiary/aromatic N) is 1. The van der Waals surface area contributed by atoms with Gasteiger partial charge >= 0.3 is 0 Å². The standard InChI is InChI=1S/C15H17N3O3.ClH/c16-13-3-6-15(12(9-13)7-8-19)17-10-11-1-4-14(5-2-11)18(20)21;/h1-6,9,17,19H,7-8,10,16H2;1H. The van der Waals surface area contributed by atoms with Crippen LogP contribution in [0.5, 0.6) is 0 Å². The number of nitrogens with one attached hydrogen (secondary N) is 1. The van der Waals surface area contributed by atoms with Gasteiger partial charge in [-0.25, -0.2) is 0 Å². The average molecular weight is 324 g/mol. The van der Waals surface area contributed by atoms with Gasteiger partial charge in [0.25, 0.3) is 5.69 Å². The number of anilines is 2. The second-order valence-electron chi connectivity index (χ2n) is 4.67. The highest BCUT2D eigenvalue weighted by Gasteiger charge is 2.05. The molecule has 0 saturated heterocycles. The maximum absolute atomic E-state index is 10.6. The summed E-state index contributed by atoms with van der Waals surface area (Å²) < 4.78 is 0. The van der Waals surface area contributed by atoms with Crippen LogP contribution in [0.15, 0.2) is 42.5 Å². The highest BCUT2D eigenvalue weighted by molar-refractivity contribution is 5.85. The number of nitrogen functional groups attached to an aromatic ring is 1. The van der Waals surface area contributed by atoms with Gasteiger partial charge in [0.05, 0.1) is 4.92 Å². The first kappa shape index (κ1) is 17.7. The molecule has 4 N–H and O–H groups in total. The van der Waals surface area contributed by atoms with E-state index in [0.29, 0.717) is 18.7 Å². The van der Waals surface area contributed by atoms with E-state index in [0.717, 1.165) is 16.8 Å². The predicted molar refractivity (Wildman–Crippen MR) is 89.3 cm³/mol. The zero-order chi connectivity index (χ0) is 15.2. The van der Waals surface area contributed by atoms with E-state index in [1.54, 1.807) is 18.2 Å². The van der Waals surface area contributed by atoms with Gasteiger partial charge in [0.2, 0.25) is 0 Å². The molecule has 0 aromatic heterocycles. The Balaban J connectivity index is 0.00000242. The summed E-state index contributed by atoms with van der Waals surface area (Å²) in [6.45, 7) is 0.593. The molecular weight excluding hydrogens is 306 g/mol. The number of nitro groups is 1. The molecule has 0 fully saturated rings. The minimum atomic E-state index is -0.420. The fourth-order valence-corrected chi connectivity index (χ4v) is 2.05. The van der Waals surface area contributed by atoms with Crippen molar-refractivity contribution in [2.75, 3.05) is 17.7 Å². The molecule has 0 aliphatic carbocycles. The van der Waals surface area contributed by atoms with Crippen molar-refractivity contribution in [3.05, 3.63) is 63.7 Å². The van der Waals surface area contributed by atoms with E-state index in [1.165, 1.54) is 12.1 Å². The van der Waals surface area contributed by atoms with Gasteiger partial charge in [0.15, 0.2) is 0 Å². The van der Waals surface area contributed by atoms with Crippen LogP contribution in [-0.2, 0) is 13.0 Å². The van der Waals surface area contributed by atoms with Gasteiger partial charge in [-0.2, -0.15) is 0 Å². The Morgan fingerprint density at radius 3 is 2.45 bits per heavy atom. The molecule has 0 spiro atoms. The molecule has 0 unspecified atom stereocenters. The van der Waals surface area contributed by atoms with Crippen LogP contribution in [-0.4, -0.2) is 16.6 Å². The van der Waals surface area contributed by atoms with E-state index in [4.69, 9.17) is 10.8 Å². The molecule has 0 radical (unpaired) electrons. The van der Waals surface area contributed by atoms with Crippen LogP contribution in [0.25, 0.3) is 0 Å². The zero-order valence-corrected chi connectivity index (χ0v) is 12.7. The van der Waals surface area contributed by atoms with Crippen LogP contribution in [0.4, 0.5) is 17.1 Å². The topological polar surface area (TPSA) is 101 Å². The first-order valence-corrected chi connectivity index (χ1v) is 6.56. The number of non-ortho nitro benzene ring substituents is 1. The Labute approximate surface area is 134 Å². The Bertz CT molecular complexity index is 632. The average Bonchev–Trinajstić information content (AvgIpc) is 2.47. The zero-order valence-electron chi connectivity index (χ0n) is 11.9. The van der Waals surface area contributed by atoms with Gasteiger partial charge in [0, 0.05) is 36.7 Å². The third kappa shape index (κ3) is 4.61. The van der Waals surface area contributed by atoms with Crippen LogP contribution in [0.1, 0.15) is 11.1 Å². The molecule has 2 rings (SSSR count). The molecule has 0 atom stereocenters. The fourth-order valence-electron chi connectivity index (χ4n) is 2.05. The SMILES string of the molecule is Cl.Nc1ccc(NCc2ccc([N+](=O)[O-])cc2)c(CCO)c1. The Morgan fingerprint density at radius 1 is 1.18 bits per heavy atom. The molecule has 6 nitrogen and oxygen atoms in total. The smallest absolute Gasteiger partial charge is 0.269 e. The molecule has 0 saturated carbocycles. The first-order chi connectivity index (χ1) is 10.1. The number of benzene rings is 2. The summed E-state index contributed by atoms with van der Waals surface area (Å²) in [4.78, 5) is 10.2. The molecule has 0 heterocycles. The van der Waals surface area contributed by atoms with Crippen LogP contribution < -0.4 is 11.1 Å². The lowest BCUT2D eigenvalue weighted by molar-refractivity contribution is -0.384. The van der Waals surface area contributed by atoms with Crippen molar-refractivity contribution >= 4 is 29.5 Å². The van der Waals surface area contributed by atoms with E-state index >= 15 is 0 Å². The summed E-state index contributed by atoms with van der Waals surface area (Å²) in [7, 11) is 0. The number of rotatable bonds is 6. The molecule has 118 valence electrons. The third-order valence-corrected chi connectivity index (χ3v) is 3.14. The second kappa shape index (κ2) is 8.21.